The number of aliphatic carboxylic acids is 1. The summed E-state index contributed by atoms with van der Waals surface area (Å²) in [6, 6.07) is 7.88. The van der Waals surface area contributed by atoms with Gasteiger partial charge < -0.3 is 39.3 Å². The Balaban J connectivity index is 2.12. The Labute approximate surface area is 249 Å². The predicted molar refractivity (Wildman–Crippen MR) is 157 cm³/mol. The van der Waals surface area contributed by atoms with Gasteiger partial charge in [-0.05, 0) is 79.5 Å². The van der Waals surface area contributed by atoms with Crippen molar-refractivity contribution in [3.8, 4) is 0 Å². The van der Waals surface area contributed by atoms with Crippen LogP contribution in [0.5, 0.6) is 0 Å². The second-order valence-corrected chi connectivity index (χ2v) is 12.4. The Morgan fingerprint density at radius 2 is 1.24 bits per heavy atom. The van der Waals surface area contributed by atoms with Crippen molar-refractivity contribution in [3.63, 3.8) is 0 Å². The highest BCUT2D eigenvalue weighted by Crippen LogP contribution is 2.14. The molecule has 1 aliphatic rings. The van der Waals surface area contributed by atoms with Crippen LogP contribution in [0.15, 0.2) is 30.3 Å². The highest BCUT2D eigenvalue weighted by atomic mass is 16.6. The lowest BCUT2D eigenvalue weighted by atomic mass is 10.2. The predicted octanol–water partition coefficient (Wildman–Crippen LogP) is 4.33. The standard InChI is InChI=1S/C30H48N4O8/c1-29(2,3)41-27(38)33-17-10-15-32(16-11-18-34(20-12-19-33)28(39)42-30(4,5)6)21-24(25(35)36)31-26(37)40-22-23-13-8-7-9-14-23/h7-9,13-14,24H,10-12,15-22H2,1-6H3,(H,31,37)(H,35,36)/t24-/m0/s1. The van der Waals surface area contributed by atoms with Gasteiger partial charge in [-0.3, -0.25) is 0 Å². The Bertz CT molecular complexity index is 980. The van der Waals surface area contributed by atoms with Crippen LogP contribution in [-0.4, -0.2) is 107 Å². The minimum absolute atomic E-state index is 0.0176. The normalized spacial score (nSPS) is 16.8. The van der Waals surface area contributed by atoms with Crippen LogP contribution >= 0.6 is 0 Å². The van der Waals surface area contributed by atoms with E-state index in [1.165, 1.54) is 0 Å². The maximum absolute atomic E-state index is 12.9. The van der Waals surface area contributed by atoms with E-state index in [1.807, 2.05) is 23.1 Å². The molecule has 236 valence electrons. The summed E-state index contributed by atoms with van der Waals surface area (Å²) in [6.45, 7) is 13.4. The van der Waals surface area contributed by atoms with Gasteiger partial charge in [0.05, 0.1) is 0 Å². The molecule has 2 rings (SSSR count). The summed E-state index contributed by atoms with van der Waals surface area (Å²) in [5.41, 5.74) is -0.540. The molecule has 0 bridgehead atoms. The molecule has 0 unspecified atom stereocenters. The van der Waals surface area contributed by atoms with E-state index in [9.17, 15) is 24.3 Å². The lowest BCUT2D eigenvalue weighted by molar-refractivity contribution is -0.139. The smallest absolute Gasteiger partial charge is 0.410 e. The van der Waals surface area contributed by atoms with E-state index in [1.54, 1.807) is 63.5 Å². The number of nitrogens with one attached hydrogen (secondary N) is 1. The summed E-state index contributed by atoms with van der Waals surface area (Å²) < 4.78 is 16.4. The van der Waals surface area contributed by atoms with Crippen LogP contribution in [0.3, 0.4) is 0 Å². The highest BCUT2D eigenvalue weighted by molar-refractivity contribution is 5.80. The van der Waals surface area contributed by atoms with Crippen molar-refractivity contribution >= 4 is 24.2 Å². The Morgan fingerprint density at radius 3 is 1.67 bits per heavy atom. The van der Waals surface area contributed by atoms with E-state index in [2.05, 4.69) is 5.32 Å². The molecule has 1 heterocycles. The van der Waals surface area contributed by atoms with Crippen LogP contribution in [0.4, 0.5) is 14.4 Å². The second kappa shape index (κ2) is 16.2. The number of carboxylic acid groups (broad SMARTS) is 1. The summed E-state index contributed by atoms with van der Waals surface area (Å²) in [4.78, 5) is 55.5. The minimum atomic E-state index is -1.22. The molecule has 0 aliphatic carbocycles. The molecule has 1 saturated heterocycles. The first-order chi connectivity index (χ1) is 19.6. The Morgan fingerprint density at radius 1 is 0.786 bits per heavy atom. The lowest BCUT2D eigenvalue weighted by Gasteiger charge is -2.32. The molecule has 1 aliphatic heterocycles. The maximum atomic E-state index is 12.9. The summed E-state index contributed by atoms with van der Waals surface area (Å²) in [5.74, 6) is -1.19. The van der Waals surface area contributed by atoms with E-state index in [0.717, 1.165) is 5.56 Å². The molecule has 3 amide bonds. The second-order valence-electron chi connectivity index (χ2n) is 12.4. The van der Waals surface area contributed by atoms with E-state index < -0.39 is 41.5 Å². The number of rotatable bonds is 6. The van der Waals surface area contributed by atoms with Crippen LogP contribution in [0.2, 0.25) is 0 Å². The molecule has 12 heteroatoms. The van der Waals surface area contributed by atoms with Crippen LogP contribution < -0.4 is 5.32 Å². The first kappa shape index (κ1) is 34.7. The van der Waals surface area contributed by atoms with Gasteiger partial charge in [0, 0.05) is 32.7 Å². The third kappa shape index (κ3) is 13.9. The number of carbonyl (C=O) groups is 4. The van der Waals surface area contributed by atoms with E-state index in [0.29, 0.717) is 58.5 Å². The number of carboxylic acids is 1. The SMILES string of the molecule is CC(C)(C)OC(=O)N1CCCN(C[C@H](NC(=O)OCc2ccccc2)C(=O)O)CCCN(C(=O)OC(C)(C)C)CCC1. The maximum Gasteiger partial charge on any atom is 0.410 e. The van der Waals surface area contributed by atoms with Gasteiger partial charge in [0.2, 0.25) is 0 Å². The number of carbonyl (C=O) groups excluding carboxylic acids is 3. The number of amides is 3. The fourth-order valence-corrected chi connectivity index (χ4v) is 4.31. The summed E-state index contributed by atoms with van der Waals surface area (Å²) in [5, 5.41) is 12.3. The highest BCUT2D eigenvalue weighted by Gasteiger charge is 2.27. The quantitative estimate of drug-likeness (QED) is 0.462. The Hall–Kier alpha value is -3.54. The van der Waals surface area contributed by atoms with E-state index in [4.69, 9.17) is 14.2 Å². The van der Waals surface area contributed by atoms with Crippen LogP contribution in [0.1, 0.15) is 66.4 Å². The number of hydrogen-bond donors (Lipinski definition) is 2. The Kier molecular flexibility index (Phi) is 13.4. The zero-order valence-corrected chi connectivity index (χ0v) is 25.9. The largest absolute Gasteiger partial charge is 0.480 e. The van der Waals surface area contributed by atoms with Gasteiger partial charge >= 0.3 is 24.2 Å². The molecule has 1 aromatic carbocycles. The average molecular weight is 593 g/mol. The first-order valence-corrected chi connectivity index (χ1v) is 14.5. The van der Waals surface area contributed by atoms with E-state index in [-0.39, 0.29) is 13.2 Å². The van der Waals surface area contributed by atoms with Gasteiger partial charge in [0.1, 0.15) is 23.9 Å². The molecular formula is C30H48N4O8. The zero-order chi connectivity index (χ0) is 31.3. The third-order valence-electron chi connectivity index (χ3n) is 6.21. The molecule has 12 nitrogen and oxygen atoms in total. The molecule has 0 aromatic heterocycles. The molecule has 0 radical (unpaired) electrons. The average Bonchev–Trinajstić information content (AvgIpc) is 2.86. The fraction of sp³-hybridized carbons (Fsp3) is 0.667. The van der Waals surface area contributed by atoms with Crippen LogP contribution in [0.25, 0.3) is 0 Å². The molecule has 1 aromatic rings. The van der Waals surface area contributed by atoms with Crippen LogP contribution in [0, 0.1) is 0 Å². The van der Waals surface area contributed by atoms with Gasteiger partial charge in [-0.25, -0.2) is 19.2 Å². The van der Waals surface area contributed by atoms with Gasteiger partial charge in [0.15, 0.2) is 0 Å². The zero-order valence-electron chi connectivity index (χ0n) is 25.9. The number of ether oxygens (including phenoxy) is 3. The molecular weight excluding hydrogens is 544 g/mol. The van der Waals surface area contributed by atoms with Crippen molar-refractivity contribution in [2.24, 2.45) is 0 Å². The number of alkyl carbamates (subject to hydrolysis) is 1. The monoisotopic (exact) mass is 592 g/mol. The molecule has 0 saturated carbocycles. The van der Waals surface area contributed by atoms with Crippen molar-refractivity contribution in [2.75, 3.05) is 45.8 Å². The fourth-order valence-electron chi connectivity index (χ4n) is 4.31. The van der Waals surface area contributed by atoms with Crippen LogP contribution in [-0.2, 0) is 25.6 Å². The molecule has 0 spiro atoms. The number of hydrogen-bond acceptors (Lipinski definition) is 8. The molecule has 42 heavy (non-hydrogen) atoms. The summed E-state index contributed by atoms with van der Waals surface area (Å²) in [7, 11) is 0. The molecule has 1 atom stereocenters. The van der Waals surface area contributed by atoms with Crippen molar-refractivity contribution in [1.29, 1.82) is 0 Å². The lowest BCUT2D eigenvalue weighted by Crippen LogP contribution is -2.50. The van der Waals surface area contributed by atoms with Crippen molar-refractivity contribution in [1.82, 2.24) is 20.0 Å². The molecule has 1 fully saturated rings. The van der Waals surface area contributed by atoms with Gasteiger partial charge in [-0.2, -0.15) is 0 Å². The summed E-state index contributed by atoms with van der Waals surface area (Å²) >= 11 is 0. The van der Waals surface area contributed by atoms with Crippen molar-refractivity contribution in [2.45, 2.75) is 84.7 Å². The molecule has 2 N–H and O–H groups in total. The van der Waals surface area contributed by atoms with Gasteiger partial charge in [0.25, 0.3) is 0 Å². The van der Waals surface area contributed by atoms with Gasteiger partial charge in [-0.1, -0.05) is 30.3 Å². The third-order valence-corrected chi connectivity index (χ3v) is 6.21. The number of nitrogens with zero attached hydrogens (tertiary/aromatic N) is 3. The first-order valence-electron chi connectivity index (χ1n) is 14.5. The van der Waals surface area contributed by atoms with Crippen molar-refractivity contribution < 1.29 is 38.5 Å². The van der Waals surface area contributed by atoms with Crippen molar-refractivity contribution in [3.05, 3.63) is 35.9 Å². The van der Waals surface area contributed by atoms with E-state index >= 15 is 0 Å². The topological polar surface area (TPSA) is 138 Å². The number of benzene rings is 1. The summed E-state index contributed by atoms with van der Waals surface area (Å²) in [6.07, 6.45) is -0.0204. The minimum Gasteiger partial charge on any atom is -0.480 e. The van der Waals surface area contributed by atoms with Gasteiger partial charge in [-0.15, -0.1) is 0 Å².